The number of aliphatic carboxylic acids is 1. The number of carbonyl (C=O) groups excluding carboxylic acids is 2. The molecule has 3 rings (SSSR count). The van der Waals surface area contributed by atoms with E-state index in [1.165, 1.54) is 6.21 Å². The zero-order chi connectivity index (χ0) is 19.9. The van der Waals surface area contributed by atoms with Crippen LogP contribution in [0.15, 0.2) is 63.2 Å². The minimum absolute atomic E-state index is 0.259. The third kappa shape index (κ3) is 5.67. The third-order valence-corrected chi connectivity index (χ3v) is 5.37. The SMILES string of the molecule is O=C([O-])C[C@@H]1S/C(=N/N=C\c2ccc(OCc3ccccc3)c(Br)c2)NC1=O. The van der Waals surface area contributed by atoms with Gasteiger partial charge >= 0.3 is 0 Å². The Morgan fingerprint density at radius 1 is 1.29 bits per heavy atom. The Morgan fingerprint density at radius 2 is 2.07 bits per heavy atom. The van der Waals surface area contributed by atoms with Crippen molar-refractivity contribution < 1.29 is 19.4 Å². The van der Waals surface area contributed by atoms with Crippen LogP contribution in [0.2, 0.25) is 0 Å². The highest BCUT2D eigenvalue weighted by Gasteiger charge is 2.30. The molecule has 1 amide bonds. The number of carbonyl (C=O) groups is 2. The number of hydrogen-bond acceptors (Lipinski definition) is 7. The maximum Gasteiger partial charge on any atom is 0.239 e. The van der Waals surface area contributed by atoms with Crippen molar-refractivity contribution in [2.75, 3.05) is 0 Å². The van der Waals surface area contributed by atoms with Gasteiger partial charge in [0.1, 0.15) is 12.4 Å². The Bertz CT molecular complexity index is 934. The van der Waals surface area contributed by atoms with E-state index < -0.39 is 17.1 Å². The van der Waals surface area contributed by atoms with Crippen molar-refractivity contribution >= 4 is 51.0 Å². The number of benzene rings is 2. The van der Waals surface area contributed by atoms with Crippen LogP contribution in [-0.4, -0.2) is 28.5 Å². The molecular weight excluding hydrogens is 446 g/mol. The molecule has 1 N–H and O–H groups in total. The molecule has 1 aliphatic rings. The maximum atomic E-state index is 11.6. The van der Waals surface area contributed by atoms with E-state index in [2.05, 4.69) is 31.4 Å². The summed E-state index contributed by atoms with van der Waals surface area (Å²) in [6.07, 6.45) is 1.16. The molecule has 0 aliphatic carbocycles. The van der Waals surface area contributed by atoms with Gasteiger partial charge in [-0.2, -0.15) is 5.10 Å². The fourth-order valence-electron chi connectivity index (χ4n) is 2.34. The van der Waals surface area contributed by atoms with Crippen LogP contribution >= 0.6 is 27.7 Å². The first-order valence-electron chi connectivity index (χ1n) is 8.26. The molecule has 1 fully saturated rings. The lowest BCUT2D eigenvalue weighted by molar-refractivity contribution is -0.305. The summed E-state index contributed by atoms with van der Waals surface area (Å²) >= 11 is 4.49. The summed E-state index contributed by atoms with van der Waals surface area (Å²) in [4.78, 5) is 22.2. The fourth-order valence-corrected chi connectivity index (χ4v) is 3.76. The van der Waals surface area contributed by atoms with Crippen molar-refractivity contribution in [2.45, 2.75) is 18.3 Å². The zero-order valence-corrected chi connectivity index (χ0v) is 16.9. The second-order valence-electron chi connectivity index (χ2n) is 5.79. The smallest absolute Gasteiger partial charge is 0.239 e. The Hall–Kier alpha value is -2.65. The summed E-state index contributed by atoms with van der Waals surface area (Å²) < 4.78 is 6.57. The molecule has 0 unspecified atom stereocenters. The van der Waals surface area contributed by atoms with E-state index in [0.717, 1.165) is 27.4 Å². The van der Waals surface area contributed by atoms with Gasteiger partial charge in [-0.25, -0.2) is 0 Å². The lowest BCUT2D eigenvalue weighted by atomic mass is 10.2. The number of amides is 1. The molecular formula is C19H15BrN3O4S-. The number of carboxylic acids is 1. The van der Waals surface area contributed by atoms with Gasteiger partial charge < -0.3 is 20.0 Å². The van der Waals surface area contributed by atoms with Crippen molar-refractivity contribution in [3.05, 3.63) is 64.1 Å². The van der Waals surface area contributed by atoms with Crippen LogP contribution in [0.25, 0.3) is 0 Å². The summed E-state index contributed by atoms with van der Waals surface area (Å²) in [5.74, 6) is -0.987. The normalized spacial score (nSPS) is 17.8. The van der Waals surface area contributed by atoms with Gasteiger partial charge in [-0.1, -0.05) is 42.1 Å². The van der Waals surface area contributed by atoms with E-state index in [1.807, 2.05) is 48.5 Å². The van der Waals surface area contributed by atoms with Crippen molar-refractivity contribution in [1.29, 1.82) is 0 Å². The van der Waals surface area contributed by atoms with Crippen LogP contribution < -0.4 is 15.2 Å². The molecule has 1 heterocycles. The van der Waals surface area contributed by atoms with Gasteiger partial charge in [0.15, 0.2) is 5.17 Å². The molecule has 0 spiro atoms. The average molecular weight is 461 g/mol. The van der Waals surface area contributed by atoms with Gasteiger partial charge in [0.25, 0.3) is 0 Å². The first kappa shape index (κ1) is 20.1. The molecule has 2 aromatic rings. The van der Waals surface area contributed by atoms with Crippen LogP contribution in [0.5, 0.6) is 5.75 Å². The first-order valence-corrected chi connectivity index (χ1v) is 9.93. The predicted molar refractivity (Wildman–Crippen MR) is 109 cm³/mol. The molecule has 2 aromatic carbocycles. The Labute approximate surface area is 174 Å². The van der Waals surface area contributed by atoms with Crippen LogP contribution in [0.4, 0.5) is 0 Å². The van der Waals surface area contributed by atoms with Gasteiger partial charge in [-0.05, 0) is 45.3 Å². The Kier molecular flexibility index (Phi) is 6.83. The quantitative estimate of drug-likeness (QED) is 0.503. The first-order chi connectivity index (χ1) is 13.5. The summed E-state index contributed by atoms with van der Waals surface area (Å²) in [5, 5.41) is 20.5. The van der Waals surface area contributed by atoms with E-state index >= 15 is 0 Å². The average Bonchev–Trinajstić information content (AvgIpc) is 3.00. The second kappa shape index (κ2) is 9.52. The Balaban J connectivity index is 1.58. The molecule has 144 valence electrons. The molecule has 1 atom stereocenters. The topological polar surface area (TPSA) is 103 Å². The molecule has 28 heavy (non-hydrogen) atoms. The predicted octanol–water partition coefficient (Wildman–Crippen LogP) is 2.09. The molecule has 7 nitrogen and oxygen atoms in total. The van der Waals surface area contributed by atoms with Gasteiger partial charge in [-0.3, -0.25) is 4.79 Å². The number of nitrogens with one attached hydrogen (secondary N) is 1. The molecule has 1 saturated heterocycles. The maximum absolute atomic E-state index is 11.6. The molecule has 9 heteroatoms. The van der Waals surface area contributed by atoms with Crippen LogP contribution in [0.1, 0.15) is 17.5 Å². The van der Waals surface area contributed by atoms with E-state index in [-0.39, 0.29) is 11.6 Å². The molecule has 0 aromatic heterocycles. The van der Waals surface area contributed by atoms with Gasteiger partial charge in [0, 0.05) is 12.4 Å². The molecule has 0 saturated carbocycles. The van der Waals surface area contributed by atoms with Gasteiger partial charge in [-0.15, -0.1) is 5.10 Å². The number of rotatable bonds is 7. The molecule has 0 bridgehead atoms. The third-order valence-electron chi connectivity index (χ3n) is 3.68. The van der Waals surface area contributed by atoms with Crippen molar-refractivity contribution in [3.8, 4) is 5.75 Å². The highest BCUT2D eigenvalue weighted by molar-refractivity contribution is 9.10. The highest BCUT2D eigenvalue weighted by Crippen LogP contribution is 2.26. The number of thioether (sulfide) groups is 1. The number of carboxylic acid groups (broad SMARTS) is 1. The summed E-state index contributed by atoms with van der Waals surface area (Å²) in [5.41, 5.74) is 1.85. The summed E-state index contributed by atoms with van der Waals surface area (Å²) in [6.45, 7) is 0.463. The second-order valence-corrected chi connectivity index (χ2v) is 7.83. The lowest BCUT2D eigenvalue weighted by Crippen LogP contribution is -2.31. The van der Waals surface area contributed by atoms with Gasteiger partial charge in [0.2, 0.25) is 5.91 Å². The zero-order valence-electron chi connectivity index (χ0n) is 14.5. The lowest BCUT2D eigenvalue weighted by Gasteiger charge is -2.08. The molecule has 0 radical (unpaired) electrons. The van der Waals surface area contributed by atoms with Crippen molar-refractivity contribution in [2.24, 2.45) is 10.2 Å². The van der Waals surface area contributed by atoms with E-state index in [9.17, 15) is 14.7 Å². The van der Waals surface area contributed by atoms with Crippen LogP contribution in [-0.2, 0) is 16.2 Å². The van der Waals surface area contributed by atoms with Crippen molar-refractivity contribution in [1.82, 2.24) is 5.32 Å². The number of ether oxygens (including phenoxy) is 1. The standard InChI is InChI=1S/C19H16BrN3O4S/c20-14-8-13(6-7-15(14)27-11-12-4-2-1-3-5-12)10-21-23-19-22-18(26)16(28-19)9-17(24)25/h1-8,10,16H,9,11H2,(H,24,25)(H,22,23,26)/p-1/b21-10-/t16-/m0/s1. The van der Waals surface area contributed by atoms with Crippen LogP contribution in [0.3, 0.4) is 0 Å². The summed E-state index contributed by atoms with van der Waals surface area (Å²) in [7, 11) is 0. The van der Waals surface area contributed by atoms with Gasteiger partial charge in [0.05, 0.1) is 15.9 Å². The number of hydrogen-bond donors (Lipinski definition) is 1. The monoisotopic (exact) mass is 460 g/mol. The number of nitrogens with zero attached hydrogens (tertiary/aromatic N) is 2. The van der Waals surface area contributed by atoms with Crippen LogP contribution in [0, 0.1) is 0 Å². The Morgan fingerprint density at radius 3 is 2.79 bits per heavy atom. The van der Waals surface area contributed by atoms with E-state index in [1.54, 1.807) is 0 Å². The fraction of sp³-hybridized carbons (Fsp3) is 0.158. The summed E-state index contributed by atoms with van der Waals surface area (Å²) in [6, 6.07) is 15.3. The van der Waals surface area contributed by atoms with E-state index in [4.69, 9.17) is 4.74 Å². The molecule has 1 aliphatic heterocycles. The largest absolute Gasteiger partial charge is 0.550 e. The highest BCUT2D eigenvalue weighted by atomic mass is 79.9. The number of halogens is 1. The van der Waals surface area contributed by atoms with Crippen molar-refractivity contribution in [3.63, 3.8) is 0 Å². The number of amidine groups is 1. The minimum atomic E-state index is -1.28. The van der Waals surface area contributed by atoms with E-state index in [0.29, 0.717) is 12.4 Å². The minimum Gasteiger partial charge on any atom is -0.550 e.